The van der Waals surface area contributed by atoms with Crippen molar-refractivity contribution in [1.82, 2.24) is 0 Å². The zero-order chi connectivity index (χ0) is 0. The molecule has 0 N–H and O–H groups in total. The molecule has 0 aliphatic carbocycles. The third-order valence-electron chi connectivity index (χ3n) is 0. The Kier molecular flexibility index (Phi) is 495. The molecule has 0 aromatic carbocycles. The van der Waals surface area contributed by atoms with Gasteiger partial charge in [0.15, 0.2) is 0 Å². The van der Waals surface area contributed by atoms with Crippen LogP contribution in [0.1, 0.15) is 0 Å². The van der Waals surface area contributed by atoms with E-state index in [-0.39, 0.29) is 72.3 Å². The van der Waals surface area contributed by atoms with E-state index in [2.05, 4.69) is 0 Å². The van der Waals surface area contributed by atoms with E-state index in [9.17, 15) is 0 Å². The molecule has 2 radical (unpaired) electrons. The van der Waals surface area contributed by atoms with E-state index in [4.69, 9.17) is 0 Å². The minimum atomic E-state index is 0. The van der Waals surface area contributed by atoms with Gasteiger partial charge in [0, 0.05) is 50.3 Å². The fraction of sp³-hybridized carbons (Fsp3) is 0. The second-order valence-corrected chi connectivity index (χ2v) is 0. The maximum atomic E-state index is 0. The molecule has 5 heteroatoms. The van der Waals surface area contributed by atoms with Crippen LogP contribution in [0.15, 0.2) is 0 Å². The van der Waals surface area contributed by atoms with Crippen molar-refractivity contribution in [2.75, 3.05) is 0 Å². The molecule has 0 heterocycles. The Hall–Kier alpha value is 1.95. The molecular weight excluding hydrogens is 226 g/mol. The third kappa shape index (κ3) is 24.4. The number of hydrogen-bond acceptors (Lipinski definition) is 0. The van der Waals surface area contributed by atoms with Gasteiger partial charge >= 0.3 is 0 Å². The summed E-state index contributed by atoms with van der Waals surface area (Å²) in [5.74, 6) is 0. The summed E-state index contributed by atoms with van der Waals surface area (Å²) in [5, 5.41) is 0. The molecule has 0 unspecified atom stereocenters. The molecule has 5 heavy (non-hydrogen) atoms. The predicted molar refractivity (Wildman–Crippen MR) is 19.9 cm³/mol. The summed E-state index contributed by atoms with van der Waals surface area (Å²) in [7, 11) is 0. The molecule has 0 aromatic rings. The van der Waals surface area contributed by atoms with E-state index in [0.29, 0.717) is 0 Å². The summed E-state index contributed by atoms with van der Waals surface area (Å²) in [4.78, 5) is 0. The Morgan fingerprint density at radius 3 is 0.600 bits per heavy atom. The normalized spacial score (nSPS) is 0. The Bertz CT molecular complexity index is 7.61. The van der Waals surface area contributed by atoms with Crippen molar-refractivity contribution < 1.29 is 50.3 Å². The molecule has 0 amide bonds. The zero-order valence-electron chi connectivity index (χ0n) is 3.04. The van der Waals surface area contributed by atoms with E-state index in [1.54, 1.807) is 0 Å². The summed E-state index contributed by atoms with van der Waals surface area (Å²) in [6.45, 7) is 0. The van der Waals surface area contributed by atoms with Gasteiger partial charge in [0.2, 0.25) is 0 Å². The maximum absolute atomic E-state index is 0. The quantitative estimate of drug-likeness (QED) is 0.409. The largest absolute Gasteiger partial charge is 0.0125 e. The van der Waals surface area contributed by atoms with Gasteiger partial charge in [-0.1, -0.05) is 0 Å². The summed E-state index contributed by atoms with van der Waals surface area (Å²) < 4.78 is 0. The fourth-order valence-corrected chi connectivity index (χ4v) is 0. The first-order valence-corrected chi connectivity index (χ1v) is 0. The van der Waals surface area contributed by atoms with Crippen LogP contribution in [0.3, 0.4) is 0 Å². The molecule has 0 aliphatic heterocycles. The van der Waals surface area contributed by atoms with Crippen LogP contribution in [-0.2, 0) is 50.3 Å². The average molecular weight is 232 g/mol. The van der Waals surface area contributed by atoms with Crippen molar-refractivity contribution in [1.29, 1.82) is 0 Å². The van der Waals surface area contributed by atoms with Crippen molar-refractivity contribution in [2.45, 2.75) is 0 Å². The first-order chi connectivity index (χ1) is 0. The van der Waals surface area contributed by atoms with E-state index in [0.717, 1.165) is 0 Å². The monoisotopic (exact) mass is 230 g/mol. The van der Waals surface area contributed by atoms with Crippen molar-refractivity contribution in [3.05, 3.63) is 0 Å². The second kappa shape index (κ2) is 38.3. The van der Waals surface area contributed by atoms with Crippen molar-refractivity contribution in [3.63, 3.8) is 0 Å². The molecule has 0 nitrogen and oxygen atoms in total. The van der Waals surface area contributed by atoms with Crippen LogP contribution >= 0.6 is 0 Å². The summed E-state index contributed by atoms with van der Waals surface area (Å²) in [6, 6.07) is 0. The van der Waals surface area contributed by atoms with Gasteiger partial charge in [-0.15, -0.1) is 0 Å². The minimum Gasteiger partial charge on any atom is -0.0125 e. The molecule has 0 aromatic heterocycles. The van der Waals surface area contributed by atoms with Crippen molar-refractivity contribution in [2.24, 2.45) is 0 Å². The van der Waals surface area contributed by atoms with Gasteiger partial charge in [0.1, 0.15) is 0 Å². The fourth-order valence-electron chi connectivity index (χ4n) is 0. The Labute approximate surface area is 71.9 Å². The van der Waals surface area contributed by atoms with Crippen LogP contribution in [-0.4, -0.2) is 21.9 Å². The standard InChI is InChI=1S/Cr.2Ni.2H3Si/h;;;2*1H3. The van der Waals surface area contributed by atoms with Crippen molar-refractivity contribution >= 4 is 21.9 Å². The number of rotatable bonds is 0. The average Bonchev–Trinajstić information content (AvgIpc) is 0. The topological polar surface area (TPSA) is 0 Å². The van der Waals surface area contributed by atoms with Gasteiger partial charge in [-0.25, -0.2) is 0 Å². The molecular formula is H6CrNi2Si2. The van der Waals surface area contributed by atoms with Crippen molar-refractivity contribution in [3.8, 4) is 0 Å². The summed E-state index contributed by atoms with van der Waals surface area (Å²) in [6.07, 6.45) is 0. The molecule has 0 atom stereocenters. The van der Waals surface area contributed by atoms with Crippen LogP contribution < -0.4 is 0 Å². The summed E-state index contributed by atoms with van der Waals surface area (Å²) >= 11 is 0. The van der Waals surface area contributed by atoms with Crippen LogP contribution in [0, 0.1) is 0 Å². The molecule has 40 valence electrons. The van der Waals surface area contributed by atoms with Gasteiger partial charge in [-0.05, 0) is 21.9 Å². The van der Waals surface area contributed by atoms with Crippen LogP contribution in [0.4, 0.5) is 0 Å². The molecule has 0 aliphatic rings. The number of hydrogen-bond donors (Lipinski definition) is 0. The molecule has 0 saturated heterocycles. The van der Waals surface area contributed by atoms with E-state index >= 15 is 0 Å². The van der Waals surface area contributed by atoms with Gasteiger partial charge in [0.05, 0.1) is 0 Å². The molecule has 0 fully saturated rings. The minimum absolute atomic E-state index is 0. The molecule has 0 bridgehead atoms. The summed E-state index contributed by atoms with van der Waals surface area (Å²) in [5.41, 5.74) is 0. The zero-order valence-corrected chi connectivity index (χ0v) is 10.3. The first-order valence-electron chi connectivity index (χ1n) is 0. The van der Waals surface area contributed by atoms with Gasteiger partial charge in [0.25, 0.3) is 0 Å². The van der Waals surface area contributed by atoms with Gasteiger partial charge in [-0.2, -0.15) is 0 Å². The maximum Gasteiger partial charge on any atom is 0 e. The predicted octanol–water partition coefficient (Wildman–Crippen LogP) is -2.38. The smallest absolute Gasteiger partial charge is 0 e. The first kappa shape index (κ1) is 64.6. The van der Waals surface area contributed by atoms with Crippen LogP contribution in [0.5, 0.6) is 0 Å². The third-order valence-corrected chi connectivity index (χ3v) is 0. The molecule has 0 saturated carbocycles. The Morgan fingerprint density at radius 1 is 0.600 bits per heavy atom. The SMILES string of the molecule is [Cr].[Ni].[Ni].[SiH3].[SiH3]. The van der Waals surface area contributed by atoms with Gasteiger partial charge < -0.3 is 0 Å². The molecule has 0 spiro atoms. The van der Waals surface area contributed by atoms with Gasteiger partial charge in [-0.3, -0.25) is 0 Å². The molecule has 0 rings (SSSR count). The second-order valence-electron chi connectivity index (χ2n) is 0. The Balaban J connectivity index is 0. The Morgan fingerprint density at radius 2 is 0.600 bits per heavy atom. The van der Waals surface area contributed by atoms with E-state index in [1.807, 2.05) is 0 Å². The van der Waals surface area contributed by atoms with E-state index in [1.165, 1.54) is 0 Å². The van der Waals surface area contributed by atoms with Crippen LogP contribution in [0.25, 0.3) is 0 Å². The van der Waals surface area contributed by atoms with Crippen LogP contribution in [0.2, 0.25) is 0 Å². The van der Waals surface area contributed by atoms with E-state index < -0.39 is 0 Å².